The highest BCUT2D eigenvalue weighted by molar-refractivity contribution is 7.47. The normalized spacial score (nSPS) is 19.0. The van der Waals surface area contributed by atoms with Gasteiger partial charge in [-0.05, 0) is 18.9 Å². The highest BCUT2D eigenvalue weighted by atomic mass is 31.2. The van der Waals surface area contributed by atoms with Crippen molar-refractivity contribution in [3.8, 4) is 6.07 Å². The molecule has 15 nitrogen and oxygen atoms in total. The molecule has 0 bridgehead atoms. The highest BCUT2D eigenvalue weighted by Gasteiger charge is 2.46. The minimum absolute atomic E-state index is 0.0419. The number of rotatable bonds is 38. The van der Waals surface area contributed by atoms with Crippen LogP contribution in [0.3, 0.4) is 0 Å². The Kier molecular flexibility index (Phi) is 30.0. The molecule has 16 heteroatoms. The van der Waals surface area contributed by atoms with Gasteiger partial charge in [-0.1, -0.05) is 168 Å². The van der Waals surface area contributed by atoms with Crippen molar-refractivity contribution in [1.82, 2.24) is 9.55 Å². The fraction of sp³-hybridized carbons (Fsp3) is 0.844. The van der Waals surface area contributed by atoms with Crippen LogP contribution >= 0.6 is 7.82 Å². The lowest BCUT2D eigenvalue weighted by molar-refractivity contribution is -0.161. The fourth-order valence-electron chi connectivity index (χ4n) is 7.46. The summed E-state index contributed by atoms with van der Waals surface area (Å²) in [7, 11) is -4.85. The summed E-state index contributed by atoms with van der Waals surface area (Å²) in [6.07, 6.45) is 26.9. The zero-order valence-electron chi connectivity index (χ0n) is 37.4. The van der Waals surface area contributed by atoms with E-state index in [1.54, 1.807) is 0 Å². The number of nitrogen functional groups attached to an aromatic ring is 1. The summed E-state index contributed by atoms with van der Waals surface area (Å²) in [6.45, 7) is 2.79. The van der Waals surface area contributed by atoms with Gasteiger partial charge in [-0.3, -0.25) is 23.2 Å². The molecule has 1 aromatic heterocycles. The van der Waals surface area contributed by atoms with Gasteiger partial charge in [0.05, 0.1) is 19.3 Å². The Hall–Kier alpha value is -2.86. The van der Waals surface area contributed by atoms with Gasteiger partial charge in [0.2, 0.25) is 0 Å². The first-order valence-electron chi connectivity index (χ1n) is 23.6. The first-order valence-corrected chi connectivity index (χ1v) is 25.1. The van der Waals surface area contributed by atoms with Crippen molar-refractivity contribution in [2.24, 2.45) is 5.92 Å². The van der Waals surface area contributed by atoms with E-state index in [2.05, 4.69) is 18.8 Å². The van der Waals surface area contributed by atoms with Gasteiger partial charge >= 0.3 is 25.5 Å². The second-order valence-electron chi connectivity index (χ2n) is 16.6. The number of nitrogens with two attached hydrogens (primary N) is 1. The van der Waals surface area contributed by atoms with Gasteiger partial charge < -0.3 is 29.9 Å². The number of aromatic nitrogens is 2. The molecule has 6 unspecified atom stereocenters. The van der Waals surface area contributed by atoms with E-state index >= 15 is 0 Å². The molecule has 0 aliphatic carbocycles. The second kappa shape index (κ2) is 33.7. The molecular weight excluding hydrogens is 803 g/mol. The van der Waals surface area contributed by atoms with Crippen LogP contribution in [0.2, 0.25) is 0 Å². The van der Waals surface area contributed by atoms with E-state index < -0.39 is 69.1 Å². The summed E-state index contributed by atoms with van der Waals surface area (Å²) in [4.78, 5) is 51.9. The number of aliphatic hydroxyl groups is 1. The standard InChI is InChI=1S/C45H79N4O11P/c1-3-5-7-9-11-13-15-17-19-21-23-25-27-29-41(50)56-34-37(59-42(51)30-28-26-24-22-20-18-16-14-12-10-8-6-4-2)35-57-61(54,55)58-36-39-43(52)38(33-46)44(60-39)49-32-31-40(47)48-45(49)53/h31-32,37-39,43-44,52H,3-30,34-36H2,1-2H3,(H,54,55)(H2,47,48,53). The average Bonchev–Trinajstić information content (AvgIpc) is 3.55. The Labute approximate surface area is 365 Å². The summed E-state index contributed by atoms with van der Waals surface area (Å²) in [5.41, 5.74) is 4.74. The molecule has 1 aromatic rings. The Morgan fingerprint density at radius 3 is 1.70 bits per heavy atom. The number of phosphoric acid groups is 1. The quantitative estimate of drug-likeness (QED) is 0.0320. The van der Waals surface area contributed by atoms with E-state index in [4.69, 9.17) is 29.0 Å². The molecule has 61 heavy (non-hydrogen) atoms. The van der Waals surface area contributed by atoms with Crippen molar-refractivity contribution in [3.05, 3.63) is 22.7 Å². The molecular formula is C45H79N4O11P. The number of ether oxygens (including phenoxy) is 3. The van der Waals surface area contributed by atoms with Crippen molar-refractivity contribution in [2.45, 2.75) is 218 Å². The lowest BCUT2D eigenvalue weighted by Gasteiger charge is -2.21. The Morgan fingerprint density at radius 1 is 0.787 bits per heavy atom. The van der Waals surface area contributed by atoms with Crippen LogP contribution in [-0.4, -0.2) is 69.6 Å². The Morgan fingerprint density at radius 2 is 1.25 bits per heavy atom. The highest BCUT2D eigenvalue weighted by Crippen LogP contribution is 2.45. The van der Waals surface area contributed by atoms with Crippen molar-refractivity contribution >= 4 is 25.6 Å². The predicted octanol–water partition coefficient (Wildman–Crippen LogP) is 9.77. The number of unbranched alkanes of at least 4 members (excludes halogenated alkanes) is 24. The van der Waals surface area contributed by atoms with E-state index in [1.807, 2.05) is 6.07 Å². The van der Waals surface area contributed by atoms with E-state index in [1.165, 1.54) is 128 Å². The summed E-state index contributed by atoms with van der Waals surface area (Å²) in [5, 5.41) is 20.4. The number of carbonyl (C=O) groups excluding carboxylic acids is 2. The first-order chi connectivity index (χ1) is 29.5. The van der Waals surface area contributed by atoms with Gasteiger partial charge in [0.15, 0.2) is 12.3 Å². The number of anilines is 1. The Bertz CT molecular complexity index is 1470. The molecule has 2 rings (SSSR count). The van der Waals surface area contributed by atoms with Crippen LogP contribution in [0, 0.1) is 17.2 Å². The monoisotopic (exact) mass is 883 g/mol. The topological polar surface area (TPSA) is 223 Å². The third-order valence-corrected chi connectivity index (χ3v) is 12.1. The largest absolute Gasteiger partial charge is 0.472 e. The number of hydrogen-bond acceptors (Lipinski definition) is 13. The van der Waals surface area contributed by atoms with Gasteiger partial charge in [0, 0.05) is 19.0 Å². The van der Waals surface area contributed by atoms with Crippen LogP contribution in [0.15, 0.2) is 17.1 Å². The van der Waals surface area contributed by atoms with Crippen LogP contribution in [0.25, 0.3) is 0 Å². The minimum atomic E-state index is -4.85. The molecule has 1 aliphatic rings. The van der Waals surface area contributed by atoms with Gasteiger partial charge in [-0.15, -0.1) is 0 Å². The van der Waals surface area contributed by atoms with Crippen LogP contribution < -0.4 is 11.4 Å². The van der Waals surface area contributed by atoms with Crippen molar-refractivity contribution in [2.75, 3.05) is 25.6 Å². The maximum absolute atomic E-state index is 12.9. The Balaban J connectivity index is 1.80. The summed E-state index contributed by atoms with van der Waals surface area (Å²) in [6, 6.07) is 3.21. The molecule has 2 heterocycles. The summed E-state index contributed by atoms with van der Waals surface area (Å²) < 4.78 is 40.8. The number of carbonyl (C=O) groups is 2. The molecule has 1 fully saturated rings. The second-order valence-corrected chi connectivity index (χ2v) is 18.0. The molecule has 0 saturated carbocycles. The summed E-state index contributed by atoms with van der Waals surface area (Å²) >= 11 is 0. The molecule has 0 radical (unpaired) electrons. The summed E-state index contributed by atoms with van der Waals surface area (Å²) in [5.74, 6) is -2.28. The van der Waals surface area contributed by atoms with Gasteiger partial charge in [-0.25, -0.2) is 9.36 Å². The minimum Gasteiger partial charge on any atom is -0.462 e. The smallest absolute Gasteiger partial charge is 0.462 e. The number of esters is 2. The maximum Gasteiger partial charge on any atom is 0.472 e. The molecule has 6 atom stereocenters. The van der Waals surface area contributed by atoms with Gasteiger partial charge in [0.25, 0.3) is 0 Å². The van der Waals surface area contributed by atoms with Crippen molar-refractivity contribution in [1.29, 1.82) is 5.26 Å². The molecule has 1 saturated heterocycles. The van der Waals surface area contributed by atoms with Crippen LogP contribution in [0.5, 0.6) is 0 Å². The molecule has 0 spiro atoms. The predicted molar refractivity (Wildman–Crippen MR) is 235 cm³/mol. The number of nitriles is 1. The SMILES string of the molecule is CCCCCCCCCCCCCCCC(=O)OCC(COP(=O)(O)OCC1OC(n2ccc(N)nc2=O)C(C#N)C1O)OC(=O)CCCCCCCCCCCCCCC. The zero-order chi connectivity index (χ0) is 44.6. The average molecular weight is 883 g/mol. The van der Waals surface area contributed by atoms with Gasteiger partial charge in [-0.2, -0.15) is 10.2 Å². The van der Waals surface area contributed by atoms with Crippen LogP contribution in [-0.2, 0) is 37.4 Å². The lowest BCUT2D eigenvalue weighted by Crippen LogP contribution is -2.32. The molecule has 1 aliphatic heterocycles. The molecule has 4 N–H and O–H groups in total. The number of hydrogen-bond donors (Lipinski definition) is 3. The third-order valence-electron chi connectivity index (χ3n) is 11.2. The molecule has 0 aromatic carbocycles. The first kappa shape index (κ1) is 54.3. The maximum atomic E-state index is 12.9. The van der Waals surface area contributed by atoms with Gasteiger partial charge in [0.1, 0.15) is 30.6 Å². The van der Waals surface area contributed by atoms with Crippen molar-refractivity contribution < 1.29 is 47.4 Å². The molecule has 0 amide bonds. The lowest BCUT2D eigenvalue weighted by atomic mass is 10.0. The zero-order valence-corrected chi connectivity index (χ0v) is 38.3. The van der Waals surface area contributed by atoms with Crippen LogP contribution in [0.4, 0.5) is 5.82 Å². The van der Waals surface area contributed by atoms with E-state index in [9.17, 15) is 34.2 Å². The molecule has 350 valence electrons. The number of nitrogens with zero attached hydrogens (tertiary/aromatic N) is 3. The third kappa shape index (κ3) is 25.1. The fourth-order valence-corrected chi connectivity index (χ4v) is 8.22. The number of aliphatic hydroxyl groups excluding tert-OH is 1. The number of phosphoric ester groups is 1. The van der Waals surface area contributed by atoms with Crippen LogP contribution in [0.1, 0.15) is 200 Å². The van der Waals surface area contributed by atoms with E-state index in [0.29, 0.717) is 12.8 Å². The van der Waals surface area contributed by atoms with Crippen molar-refractivity contribution in [3.63, 3.8) is 0 Å². The van der Waals surface area contributed by atoms with E-state index in [0.717, 1.165) is 43.1 Å². The van der Waals surface area contributed by atoms with E-state index in [-0.39, 0.29) is 25.3 Å².